The first kappa shape index (κ1) is 46.8. The fraction of sp³-hybridized carbons (Fsp3) is 0.615. The monoisotopic (exact) mass is 848 g/mol. The number of Topliss-reactive ketones (excluding diaryl/α,β-unsaturated/α-hetero) is 1. The van der Waals surface area contributed by atoms with Crippen molar-refractivity contribution in [3.8, 4) is 11.4 Å². The molecule has 0 bridgehead atoms. The summed E-state index contributed by atoms with van der Waals surface area (Å²) in [7, 11) is -1.94. The molecule has 0 aliphatic carbocycles. The number of unbranched alkanes of at least 4 members (excludes halogenated alkanes) is 1. The van der Waals surface area contributed by atoms with Crippen molar-refractivity contribution in [2.75, 3.05) is 57.5 Å². The topological polar surface area (TPSA) is 223 Å². The maximum absolute atomic E-state index is 14.5. The number of hydrogen-bond donors (Lipinski definition) is 2. The summed E-state index contributed by atoms with van der Waals surface area (Å²) < 4.78 is 50.7. The summed E-state index contributed by atoms with van der Waals surface area (Å²) in [4.78, 5) is 79.6. The number of amides is 2. The van der Waals surface area contributed by atoms with Crippen LogP contribution in [-0.4, -0.2) is 133 Å². The average molecular weight is 849 g/mol. The van der Waals surface area contributed by atoms with Gasteiger partial charge in [-0.2, -0.15) is 0 Å². The van der Waals surface area contributed by atoms with Crippen molar-refractivity contribution in [1.82, 2.24) is 25.5 Å². The van der Waals surface area contributed by atoms with Crippen LogP contribution in [0.3, 0.4) is 0 Å². The Balaban J connectivity index is 1.67. The van der Waals surface area contributed by atoms with Crippen molar-refractivity contribution in [2.45, 2.75) is 104 Å². The molecule has 2 amide bonds. The number of carbonyl (C=O) groups excluding carboxylic acids is 5. The number of anilines is 1. The first-order chi connectivity index (χ1) is 27.8. The SMILES string of the molecule is CCCCOC(=O)N1CCNCC1C(=O)C(C[PH](=O)OC(OC(=O)OC(C)(C)C)OC(=O)OC(C)(C)C)NC(=O)c1cc(N2CCC(OC)C2)nc(-c2ccccc2)n1. The summed E-state index contributed by atoms with van der Waals surface area (Å²) >= 11 is 0. The van der Waals surface area contributed by atoms with Gasteiger partial charge < -0.3 is 44.0 Å². The summed E-state index contributed by atoms with van der Waals surface area (Å²) in [6, 6.07) is 7.75. The zero-order valence-electron chi connectivity index (χ0n) is 34.9. The van der Waals surface area contributed by atoms with E-state index in [2.05, 4.69) is 15.6 Å². The minimum Gasteiger partial charge on any atom is -0.449 e. The lowest BCUT2D eigenvalue weighted by atomic mass is 10.0. The van der Waals surface area contributed by atoms with E-state index in [1.807, 2.05) is 17.9 Å². The summed E-state index contributed by atoms with van der Waals surface area (Å²) in [6.45, 7) is 10.8. The van der Waals surface area contributed by atoms with Gasteiger partial charge in [-0.05, 0) is 54.4 Å². The summed E-state index contributed by atoms with van der Waals surface area (Å²) in [5.41, 5.74) is -1.53. The highest BCUT2D eigenvalue weighted by Crippen LogP contribution is 2.30. The number of methoxy groups -OCH3 is 1. The van der Waals surface area contributed by atoms with Crippen molar-refractivity contribution in [2.24, 2.45) is 0 Å². The third-order valence-electron chi connectivity index (χ3n) is 8.72. The molecule has 4 unspecified atom stereocenters. The summed E-state index contributed by atoms with van der Waals surface area (Å²) in [5, 5.41) is 5.74. The molecule has 1 aromatic carbocycles. The van der Waals surface area contributed by atoms with Gasteiger partial charge in [0, 0.05) is 57.6 Å². The number of benzene rings is 1. The van der Waals surface area contributed by atoms with E-state index < -0.39 is 74.0 Å². The Labute approximate surface area is 345 Å². The lowest BCUT2D eigenvalue weighted by Gasteiger charge is -2.36. The van der Waals surface area contributed by atoms with E-state index in [9.17, 15) is 28.5 Å². The Morgan fingerprint density at radius 1 is 0.966 bits per heavy atom. The van der Waals surface area contributed by atoms with Crippen LogP contribution >= 0.6 is 8.03 Å². The van der Waals surface area contributed by atoms with Gasteiger partial charge in [0.25, 0.3) is 5.91 Å². The number of ether oxygens (including phenoxy) is 6. The zero-order chi connectivity index (χ0) is 43.3. The van der Waals surface area contributed by atoms with Crippen LogP contribution < -0.4 is 15.5 Å². The molecule has 19 nitrogen and oxygen atoms in total. The number of rotatable bonds is 16. The van der Waals surface area contributed by atoms with Crippen LogP contribution in [0.5, 0.6) is 0 Å². The van der Waals surface area contributed by atoms with Gasteiger partial charge in [0.05, 0.1) is 18.8 Å². The molecule has 0 radical (unpaired) electrons. The third kappa shape index (κ3) is 15.0. The van der Waals surface area contributed by atoms with Crippen LogP contribution in [0.15, 0.2) is 36.4 Å². The van der Waals surface area contributed by atoms with Crippen LogP contribution in [0.1, 0.15) is 78.2 Å². The molecule has 2 N–H and O–H groups in total. The Morgan fingerprint density at radius 2 is 1.63 bits per heavy atom. The Morgan fingerprint density at radius 3 is 2.22 bits per heavy atom. The molecule has 2 aliphatic rings. The summed E-state index contributed by atoms with van der Waals surface area (Å²) in [5.74, 6) is -0.846. The Kier molecular flexibility index (Phi) is 17.0. The molecule has 0 saturated carbocycles. The van der Waals surface area contributed by atoms with Crippen LogP contribution in [0, 0.1) is 0 Å². The molecule has 2 fully saturated rings. The predicted molar refractivity (Wildman–Crippen MR) is 214 cm³/mol. The van der Waals surface area contributed by atoms with Crippen molar-refractivity contribution in [3.05, 3.63) is 42.1 Å². The highest BCUT2D eigenvalue weighted by Gasteiger charge is 2.39. The Bertz CT molecular complexity index is 1760. The van der Waals surface area contributed by atoms with Crippen molar-refractivity contribution < 1.29 is 61.5 Å². The minimum atomic E-state index is -3.57. The van der Waals surface area contributed by atoms with Crippen molar-refractivity contribution in [3.63, 3.8) is 0 Å². The number of aromatic nitrogens is 2. The highest BCUT2D eigenvalue weighted by molar-refractivity contribution is 7.39. The average Bonchev–Trinajstić information content (AvgIpc) is 3.66. The van der Waals surface area contributed by atoms with E-state index in [1.165, 1.54) is 11.0 Å². The molecule has 1 aromatic heterocycles. The highest BCUT2D eigenvalue weighted by atomic mass is 31.1. The van der Waals surface area contributed by atoms with E-state index >= 15 is 0 Å². The number of ketones is 1. The van der Waals surface area contributed by atoms with Crippen LogP contribution in [0.25, 0.3) is 11.4 Å². The van der Waals surface area contributed by atoms with Crippen LogP contribution in [0.4, 0.5) is 20.2 Å². The molecule has 0 spiro atoms. The normalized spacial score (nSPS) is 18.1. The standard InChI is InChI=1S/C39H57N6O13P/c1-9-10-20-53-34(48)45-19-17-40-22-29(45)31(46)28(24-59(51)58-37(54-35(49)56-38(2,3)4)55-36(50)57-39(5,6)7)42-33(47)27-21-30(44-18-16-26(23-44)52-8)43-32(41-27)25-14-12-11-13-15-25/h11-15,21,26,28-29,37,40,59H,9-10,16-20,22-24H2,1-8H3,(H,42,47). The molecule has 2 saturated heterocycles. The molecule has 2 aromatic rings. The molecule has 2 aliphatic heterocycles. The van der Waals surface area contributed by atoms with E-state index in [1.54, 1.807) is 72.9 Å². The van der Waals surface area contributed by atoms with Gasteiger partial charge in [-0.15, -0.1) is 0 Å². The lowest BCUT2D eigenvalue weighted by Crippen LogP contribution is -2.61. The number of piperazine rings is 1. The van der Waals surface area contributed by atoms with Gasteiger partial charge in [0.1, 0.15) is 28.8 Å². The maximum Gasteiger partial charge on any atom is 0.513 e. The zero-order valence-corrected chi connectivity index (χ0v) is 35.9. The Hall–Kier alpha value is -4.84. The second-order valence-electron chi connectivity index (χ2n) is 15.9. The smallest absolute Gasteiger partial charge is 0.449 e. The molecule has 20 heteroatoms. The predicted octanol–water partition coefficient (Wildman–Crippen LogP) is 4.93. The first-order valence-corrected chi connectivity index (χ1v) is 21.1. The largest absolute Gasteiger partial charge is 0.513 e. The first-order valence-electron chi connectivity index (χ1n) is 19.6. The lowest BCUT2D eigenvalue weighted by molar-refractivity contribution is -0.209. The van der Waals surface area contributed by atoms with Gasteiger partial charge >= 0.3 is 24.9 Å². The summed E-state index contributed by atoms with van der Waals surface area (Å²) in [6.07, 6.45) is -1.99. The van der Waals surface area contributed by atoms with Crippen molar-refractivity contribution >= 4 is 43.9 Å². The van der Waals surface area contributed by atoms with Crippen LogP contribution in [0.2, 0.25) is 0 Å². The molecular formula is C39H57N6O13P. The molecule has 3 heterocycles. The number of hydrogen-bond acceptors (Lipinski definition) is 17. The number of carbonyl (C=O) groups is 5. The quantitative estimate of drug-likeness (QED) is 0.0752. The molecule has 59 heavy (non-hydrogen) atoms. The van der Waals surface area contributed by atoms with E-state index in [-0.39, 0.29) is 37.3 Å². The van der Waals surface area contributed by atoms with E-state index in [0.29, 0.717) is 37.4 Å². The van der Waals surface area contributed by atoms with Gasteiger partial charge in [0.2, 0.25) is 8.03 Å². The van der Waals surface area contributed by atoms with Gasteiger partial charge in [-0.25, -0.2) is 24.4 Å². The fourth-order valence-corrected chi connectivity index (χ4v) is 6.95. The maximum atomic E-state index is 14.5. The van der Waals surface area contributed by atoms with Gasteiger partial charge in [0.15, 0.2) is 11.6 Å². The van der Waals surface area contributed by atoms with E-state index in [0.717, 1.165) is 12.8 Å². The van der Waals surface area contributed by atoms with Crippen LogP contribution in [-0.2, 0) is 42.3 Å². The molecule has 326 valence electrons. The second kappa shape index (κ2) is 21.4. The fourth-order valence-electron chi connectivity index (χ4n) is 5.91. The van der Waals surface area contributed by atoms with Gasteiger partial charge in [-0.1, -0.05) is 43.7 Å². The second-order valence-corrected chi connectivity index (χ2v) is 17.2. The third-order valence-corrected chi connectivity index (χ3v) is 9.92. The molecular weight excluding hydrogens is 791 g/mol. The number of nitrogens with zero attached hydrogens (tertiary/aromatic N) is 4. The van der Waals surface area contributed by atoms with Gasteiger partial charge in [-0.3, -0.25) is 23.6 Å². The minimum absolute atomic E-state index is 0.00651. The van der Waals surface area contributed by atoms with E-state index in [4.69, 9.17) is 37.9 Å². The van der Waals surface area contributed by atoms with Crippen molar-refractivity contribution in [1.29, 1.82) is 0 Å². The molecule has 4 atom stereocenters. The number of nitrogens with one attached hydrogen (secondary N) is 2. The molecule has 4 rings (SSSR count).